The average Bonchev–Trinajstić information content (AvgIpc) is 1.99. The van der Waals surface area contributed by atoms with E-state index in [9.17, 15) is 4.79 Å². The van der Waals surface area contributed by atoms with Crippen LogP contribution >= 0.6 is 0 Å². The summed E-state index contributed by atoms with van der Waals surface area (Å²) < 4.78 is 5.50. The Morgan fingerprint density at radius 3 is 3.00 bits per heavy atom. The standard InChI is InChI=1S/C9H13N3O2/c10-9-11-6(4-8(13)12-9)5-14-7-2-1-3-7/h4,7H,1-3,5H2,(H3,10,11,12,13). The van der Waals surface area contributed by atoms with Crippen molar-refractivity contribution in [3.8, 4) is 0 Å². The molecule has 0 saturated heterocycles. The van der Waals surface area contributed by atoms with Crippen molar-refractivity contribution in [3.63, 3.8) is 0 Å². The van der Waals surface area contributed by atoms with E-state index < -0.39 is 0 Å². The number of ether oxygens (including phenoxy) is 1. The molecule has 14 heavy (non-hydrogen) atoms. The fourth-order valence-electron chi connectivity index (χ4n) is 1.34. The van der Waals surface area contributed by atoms with E-state index >= 15 is 0 Å². The van der Waals surface area contributed by atoms with Crippen molar-refractivity contribution in [1.82, 2.24) is 9.97 Å². The number of aromatic nitrogens is 2. The fourth-order valence-corrected chi connectivity index (χ4v) is 1.34. The van der Waals surface area contributed by atoms with E-state index in [1.807, 2.05) is 0 Å². The summed E-state index contributed by atoms with van der Waals surface area (Å²) in [6.07, 6.45) is 3.80. The van der Waals surface area contributed by atoms with Crippen LogP contribution in [-0.2, 0) is 11.3 Å². The van der Waals surface area contributed by atoms with Crippen LogP contribution in [0.15, 0.2) is 10.9 Å². The molecular formula is C9H13N3O2. The van der Waals surface area contributed by atoms with Crippen molar-refractivity contribution < 1.29 is 4.74 Å². The summed E-state index contributed by atoms with van der Waals surface area (Å²) in [5.41, 5.74) is 5.75. The topological polar surface area (TPSA) is 81.0 Å². The van der Waals surface area contributed by atoms with Gasteiger partial charge >= 0.3 is 0 Å². The lowest BCUT2D eigenvalue weighted by molar-refractivity contribution is -0.0101. The van der Waals surface area contributed by atoms with Gasteiger partial charge in [-0.3, -0.25) is 9.78 Å². The molecule has 1 aromatic heterocycles. The van der Waals surface area contributed by atoms with Gasteiger partial charge in [-0.2, -0.15) is 0 Å². The van der Waals surface area contributed by atoms with Crippen molar-refractivity contribution in [3.05, 3.63) is 22.1 Å². The van der Waals surface area contributed by atoms with Gasteiger partial charge in [-0.05, 0) is 19.3 Å². The minimum atomic E-state index is -0.232. The third kappa shape index (κ3) is 2.11. The van der Waals surface area contributed by atoms with Gasteiger partial charge in [0.05, 0.1) is 18.4 Å². The first-order valence-electron chi connectivity index (χ1n) is 4.71. The molecule has 0 amide bonds. The summed E-state index contributed by atoms with van der Waals surface area (Å²) in [5.74, 6) is 0.143. The third-order valence-corrected chi connectivity index (χ3v) is 2.33. The highest BCUT2D eigenvalue weighted by Crippen LogP contribution is 2.22. The molecule has 0 atom stereocenters. The predicted octanol–water partition coefficient (Wildman–Crippen LogP) is 0.421. The molecule has 0 spiro atoms. The first kappa shape index (κ1) is 9.21. The van der Waals surface area contributed by atoms with Crippen LogP contribution in [0, 0.1) is 0 Å². The van der Waals surface area contributed by atoms with Gasteiger partial charge in [-0.15, -0.1) is 0 Å². The number of nitrogens with zero attached hydrogens (tertiary/aromatic N) is 1. The molecule has 0 bridgehead atoms. The van der Waals surface area contributed by atoms with Crippen LogP contribution in [0.5, 0.6) is 0 Å². The van der Waals surface area contributed by atoms with Crippen molar-refractivity contribution in [2.75, 3.05) is 5.73 Å². The van der Waals surface area contributed by atoms with E-state index in [0.717, 1.165) is 12.8 Å². The van der Waals surface area contributed by atoms with Crippen LogP contribution in [0.4, 0.5) is 5.95 Å². The van der Waals surface area contributed by atoms with Gasteiger partial charge in [0.1, 0.15) is 0 Å². The van der Waals surface area contributed by atoms with Gasteiger partial charge in [0, 0.05) is 6.07 Å². The lowest BCUT2D eigenvalue weighted by Crippen LogP contribution is -2.22. The van der Waals surface area contributed by atoms with Gasteiger partial charge < -0.3 is 10.5 Å². The summed E-state index contributed by atoms with van der Waals surface area (Å²) in [4.78, 5) is 17.4. The van der Waals surface area contributed by atoms with Gasteiger partial charge in [0.2, 0.25) is 5.95 Å². The van der Waals surface area contributed by atoms with Crippen molar-refractivity contribution in [2.45, 2.75) is 32.0 Å². The quantitative estimate of drug-likeness (QED) is 0.732. The SMILES string of the molecule is Nc1nc(COC2CCC2)cc(=O)[nH]1. The van der Waals surface area contributed by atoms with Gasteiger partial charge in [-0.25, -0.2) is 4.98 Å². The molecule has 5 heteroatoms. The van der Waals surface area contributed by atoms with E-state index in [2.05, 4.69) is 9.97 Å². The number of nitrogens with one attached hydrogen (secondary N) is 1. The van der Waals surface area contributed by atoms with Gasteiger partial charge in [0.15, 0.2) is 0 Å². The Labute approximate surface area is 81.3 Å². The second kappa shape index (κ2) is 3.79. The molecule has 76 valence electrons. The molecule has 3 N–H and O–H groups in total. The normalized spacial score (nSPS) is 16.6. The minimum absolute atomic E-state index is 0.143. The first-order valence-corrected chi connectivity index (χ1v) is 4.71. The maximum atomic E-state index is 11.0. The summed E-state index contributed by atoms with van der Waals surface area (Å²) in [5, 5.41) is 0. The molecule has 1 aliphatic rings. The summed E-state index contributed by atoms with van der Waals surface area (Å²) >= 11 is 0. The maximum Gasteiger partial charge on any atom is 0.252 e. The highest BCUT2D eigenvalue weighted by molar-refractivity contribution is 5.16. The molecule has 1 saturated carbocycles. The Bertz CT molecular complexity index is 371. The lowest BCUT2D eigenvalue weighted by atomic mass is 9.96. The van der Waals surface area contributed by atoms with E-state index in [-0.39, 0.29) is 11.5 Å². The van der Waals surface area contributed by atoms with Crippen LogP contribution in [0.2, 0.25) is 0 Å². The Hall–Kier alpha value is -1.36. The summed E-state index contributed by atoms with van der Waals surface area (Å²) in [6, 6.07) is 1.41. The third-order valence-electron chi connectivity index (χ3n) is 2.33. The lowest BCUT2D eigenvalue weighted by Gasteiger charge is -2.25. The summed E-state index contributed by atoms with van der Waals surface area (Å²) in [6.45, 7) is 0.374. The van der Waals surface area contributed by atoms with Crippen LogP contribution in [0.1, 0.15) is 25.0 Å². The zero-order valence-corrected chi connectivity index (χ0v) is 7.82. The number of aromatic amines is 1. The Morgan fingerprint density at radius 2 is 2.43 bits per heavy atom. The van der Waals surface area contributed by atoms with Crippen molar-refractivity contribution in [2.24, 2.45) is 0 Å². The fraction of sp³-hybridized carbons (Fsp3) is 0.556. The highest BCUT2D eigenvalue weighted by atomic mass is 16.5. The summed E-state index contributed by atoms with van der Waals surface area (Å²) in [7, 11) is 0. The zero-order chi connectivity index (χ0) is 9.97. The second-order valence-corrected chi connectivity index (χ2v) is 3.49. The molecule has 0 aliphatic heterocycles. The van der Waals surface area contributed by atoms with E-state index in [1.54, 1.807) is 0 Å². The number of hydrogen-bond acceptors (Lipinski definition) is 4. The maximum absolute atomic E-state index is 11.0. The molecule has 5 nitrogen and oxygen atoms in total. The van der Waals surface area contributed by atoms with Crippen LogP contribution in [0.25, 0.3) is 0 Å². The highest BCUT2D eigenvalue weighted by Gasteiger charge is 2.17. The Balaban J connectivity index is 1.97. The Morgan fingerprint density at radius 1 is 1.64 bits per heavy atom. The molecule has 1 fully saturated rings. The zero-order valence-electron chi connectivity index (χ0n) is 7.82. The second-order valence-electron chi connectivity index (χ2n) is 3.49. The van der Waals surface area contributed by atoms with Crippen LogP contribution in [0.3, 0.4) is 0 Å². The number of nitrogens with two attached hydrogens (primary N) is 1. The smallest absolute Gasteiger partial charge is 0.252 e. The number of nitrogen functional groups attached to an aromatic ring is 1. The van der Waals surface area contributed by atoms with Gasteiger partial charge in [-0.1, -0.05) is 0 Å². The average molecular weight is 195 g/mol. The molecule has 1 aromatic rings. The van der Waals surface area contributed by atoms with Gasteiger partial charge in [0.25, 0.3) is 5.56 Å². The Kier molecular flexibility index (Phi) is 2.49. The van der Waals surface area contributed by atoms with E-state index in [4.69, 9.17) is 10.5 Å². The number of anilines is 1. The monoisotopic (exact) mass is 195 g/mol. The van der Waals surface area contributed by atoms with E-state index in [0.29, 0.717) is 18.4 Å². The molecule has 2 rings (SSSR count). The predicted molar refractivity (Wildman–Crippen MR) is 51.7 cm³/mol. The van der Waals surface area contributed by atoms with Crippen LogP contribution in [-0.4, -0.2) is 16.1 Å². The number of H-pyrrole nitrogens is 1. The number of rotatable bonds is 3. The molecular weight excluding hydrogens is 182 g/mol. The molecule has 0 aromatic carbocycles. The number of hydrogen-bond donors (Lipinski definition) is 2. The van der Waals surface area contributed by atoms with Crippen molar-refractivity contribution >= 4 is 5.95 Å². The molecule has 0 unspecified atom stereocenters. The minimum Gasteiger partial charge on any atom is -0.372 e. The largest absolute Gasteiger partial charge is 0.372 e. The van der Waals surface area contributed by atoms with Crippen LogP contribution < -0.4 is 11.3 Å². The molecule has 0 radical (unpaired) electrons. The molecule has 1 heterocycles. The van der Waals surface area contributed by atoms with Crippen molar-refractivity contribution in [1.29, 1.82) is 0 Å². The van der Waals surface area contributed by atoms with E-state index in [1.165, 1.54) is 12.5 Å². The first-order chi connectivity index (χ1) is 6.74. The molecule has 1 aliphatic carbocycles.